The largest absolute Gasteiger partial charge is 0.481 e. The molecule has 0 aromatic carbocycles. The fourth-order valence-corrected chi connectivity index (χ4v) is 3.66. The molecule has 0 saturated carbocycles. The minimum Gasteiger partial charge on any atom is -0.481 e. The van der Waals surface area contributed by atoms with Crippen LogP contribution in [0.3, 0.4) is 0 Å². The van der Waals surface area contributed by atoms with Gasteiger partial charge in [-0.15, -0.1) is 0 Å². The molecule has 0 aliphatic heterocycles. The average molecular weight is 487 g/mol. The van der Waals surface area contributed by atoms with E-state index in [0.29, 0.717) is 32.1 Å². The van der Waals surface area contributed by atoms with Crippen molar-refractivity contribution in [1.82, 2.24) is 0 Å². The number of ether oxygens (including phenoxy) is 2. The van der Waals surface area contributed by atoms with Crippen LogP contribution in [0.15, 0.2) is 0 Å². The molecule has 0 unspecified atom stereocenters. The molecule has 0 aromatic heterocycles. The van der Waals surface area contributed by atoms with Crippen molar-refractivity contribution in [1.29, 1.82) is 0 Å². The molecule has 0 amide bonds. The molecule has 8 nitrogen and oxygen atoms in total. The number of hydrogen-bond acceptors (Lipinski definition) is 6. The number of carbonyl (C=O) groups is 4. The Balaban J connectivity index is 4.84. The van der Waals surface area contributed by atoms with Gasteiger partial charge in [-0.2, -0.15) is 0 Å². The first-order valence-corrected chi connectivity index (χ1v) is 13.0. The number of carboxylic acid groups (broad SMARTS) is 2. The lowest BCUT2D eigenvalue weighted by molar-refractivity contribution is -0.168. The first-order valence-electron chi connectivity index (χ1n) is 13.0. The van der Waals surface area contributed by atoms with Crippen LogP contribution >= 0.6 is 0 Å². The number of rotatable bonds is 23. The van der Waals surface area contributed by atoms with E-state index in [4.69, 9.17) is 14.6 Å². The van der Waals surface area contributed by atoms with Crippen LogP contribution in [0.5, 0.6) is 0 Å². The minimum atomic E-state index is -1.53. The first kappa shape index (κ1) is 31.9. The summed E-state index contributed by atoms with van der Waals surface area (Å²) in [5.74, 6) is -2.98. The summed E-state index contributed by atoms with van der Waals surface area (Å²) in [5, 5.41) is 18.7. The third-order valence-electron chi connectivity index (χ3n) is 5.99. The monoisotopic (exact) mass is 486 g/mol. The van der Waals surface area contributed by atoms with Crippen molar-refractivity contribution in [3.63, 3.8) is 0 Å². The van der Waals surface area contributed by atoms with Gasteiger partial charge < -0.3 is 19.7 Å². The fraction of sp³-hybridized carbons (Fsp3) is 0.846. The van der Waals surface area contributed by atoms with Crippen molar-refractivity contribution in [2.24, 2.45) is 5.41 Å². The molecule has 0 heterocycles. The van der Waals surface area contributed by atoms with Crippen molar-refractivity contribution in [3.8, 4) is 0 Å². The number of esters is 2. The van der Waals surface area contributed by atoms with Crippen LogP contribution in [0.1, 0.15) is 123 Å². The predicted octanol–water partition coefficient (Wildman–Crippen LogP) is 5.90. The van der Waals surface area contributed by atoms with Crippen LogP contribution in [0.2, 0.25) is 0 Å². The van der Waals surface area contributed by atoms with E-state index >= 15 is 0 Å². The molecule has 0 aromatic rings. The highest BCUT2D eigenvalue weighted by Crippen LogP contribution is 2.28. The van der Waals surface area contributed by atoms with Gasteiger partial charge in [-0.3, -0.25) is 19.2 Å². The van der Waals surface area contributed by atoms with Gasteiger partial charge in [-0.1, -0.05) is 78.1 Å². The van der Waals surface area contributed by atoms with Crippen molar-refractivity contribution < 1.29 is 38.9 Å². The zero-order valence-corrected chi connectivity index (χ0v) is 21.3. The van der Waals surface area contributed by atoms with Gasteiger partial charge in [0.05, 0.1) is 0 Å². The number of hydrogen-bond donors (Lipinski definition) is 2. The molecule has 0 radical (unpaired) electrons. The molecule has 34 heavy (non-hydrogen) atoms. The van der Waals surface area contributed by atoms with Gasteiger partial charge in [0.25, 0.3) is 0 Å². The molecular weight excluding hydrogens is 440 g/mol. The van der Waals surface area contributed by atoms with Crippen molar-refractivity contribution in [2.45, 2.75) is 123 Å². The first-order chi connectivity index (χ1) is 16.3. The fourth-order valence-electron chi connectivity index (χ4n) is 3.66. The van der Waals surface area contributed by atoms with Crippen LogP contribution < -0.4 is 0 Å². The molecule has 0 bridgehead atoms. The lowest BCUT2D eigenvalue weighted by Gasteiger charge is -2.28. The normalized spacial score (nSPS) is 11.2. The zero-order valence-electron chi connectivity index (χ0n) is 21.3. The highest BCUT2D eigenvalue weighted by molar-refractivity contribution is 5.77. The van der Waals surface area contributed by atoms with Gasteiger partial charge in [0, 0.05) is 19.3 Å². The maximum absolute atomic E-state index is 12.2. The maximum Gasteiger partial charge on any atom is 0.316 e. The van der Waals surface area contributed by atoms with Crippen LogP contribution in [0, 0.1) is 5.41 Å². The van der Waals surface area contributed by atoms with E-state index in [0.717, 1.165) is 51.4 Å². The highest BCUT2D eigenvalue weighted by atomic mass is 16.6. The Morgan fingerprint density at radius 3 is 1.41 bits per heavy atom. The van der Waals surface area contributed by atoms with Gasteiger partial charge in [0.2, 0.25) is 0 Å². The Morgan fingerprint density at radius 1 is 0.588 bits per heavy atom. The van der Waals surface area contributed by atoms with E-state index in [-0.39, 0.29) is 38.9 Å². The van der Waals surface area contributed by atoms with Crippen molar-refractivity contribution in [2.75, 3.05) is 13.2 Å². The Bertz CT molecular complexity index is 557. The zero-order chi connectivity index (χ0) is 25.7. The number of aliphatic carboxylic acids is 2. The second-order valence-corrected chi connectivity index (χ2v) is 9.19. The molecule has 0 atom stereocenters. The third kappa shape index (κ3) is 16.5. The molecule has 0 saturated heterocycles. The second-order valence-electron chi connectivity index (χ2n) is 9.19. The number of unbranched alkanes of at least 4 members (excludes halogenated alkanes) is 10. The lowest BCUT2D eigenvalue weighted by Crippen LogP contribution is -2.41. The summed E-state index contributed by atoms with van der Waals surface area (Å²) < 4.78 is 10.6. The number of carbonyl (C=O) groups excluding carboxylic acids is 2. The lowest BCUT2D eigenvalue weighted by atomic mass is 9.84. The summed E-state index contributed by atoms with van der Waals surface area (Å²) in [4.78, 5) is 47.3. The Labute approximate surface area is 204 Å². The topological polar surface area (TPSA) is 127 Å². The van der Waals surface area contributed by atoms with E-state index in [1.54, 1.807) is 0 Å². The molecule has 0 fully saturated rings. The quantitative estimate of drug-likeness (QED) is 0.135. The van der Waals surface area contributed by atoms with Gasteiger partial charge >= 0.3 is 23.9 Å². The van der Waals surface area contributed by atoms with Crippen LogP contribution in [-0.4, -0.2) is 47.3 Å². The Morgan fingerprint density at radius 2 is 1.00 bits per heavy atom. The molecular formula is C26H46O8. The second kappa shape index (κ2) is 20.3. The van der Waals surface area contributed by atoms with Gasteiger partial charge in [0.15, 0.2) is 0 Å². The summed E-state index contributed by atoms with van der Waals surface area (Å²) in [6.07, 6.45) is 11.8. The third-order valence-corrected chi connectivity index (χ3v) is 5.99. The summed E-state index contributed by atoms with van der Waals surface area (Å²) >= 11 is 0. The highest BCUT2D eigenvalue weighted by Gasteiger charge is 2.41. The predicted molar refractivity (Wildman–Crippen MR) is 129 cm³/mol. The van der Waals surface area contributed by atoms with E-state index in [9.17, 15) is 24.3 Å². The van der Waals surface area contributed by atoms with Gasteiger partial charge in [-0.25, -0.2) is 0 Å². The summed E-state index contributed by atoms with van der Waals surface area (Å²) in [6, 6.07) is 0. The molecule has 0 aliphatic rings. The minimum absolute atomic E-state index is 0.0140. The Hall–Kier alpha value is -2.12. The summed E-state index contributed by atoms with van der Waals surface area (Å²) in [7, 11) is 0. The van der Waals surface area contributed by atoms with E-state index < -0.39 is 29.3 Å². The van der Waals surface area contributed by atoms with E-state index in [2.05, 4.69) is 13.8 Å². The van der Waals surface area contributed by atoms with Crippen molar-refractivity contribution in [3.05, 3.63) is 0 Å². The molecule has 8 heteroatoms. The summed E-state index contributed by atoms with van der Waals surface area (Å²) in [5.41, 5.74) is -1.53. The van der Waals surface area contributed by atoms with Crippen LogP contribution in [-0.2, 0) is 28.7 Å². The molecule has 0 rings (SSSR count). The van der Waals surface area contributed by atoms with E-state index in [1.165, 1.54) is 0 Å². The molecule has 2 N–H and O–H groups in total. The van der Waals surface area contributed by atoms with Crippen LogP contribution in [0.4, 0.5) is 0 Å². The summed E-state index contributed by atoms with van der Waals surface area (Å²) in [6.45, 7) is 3.50. The van der Waals surface area contributed by atoms with E-state index in [1.807, 2.05) is 0 Å². The van der Waals surface area contributed by atoms with Gasteiger partial charge in [0.1, 0.15) is 18.6 Å². The molecule has 198 valence electrons. The van der Waals surface area contributed by atoms with Crippen LogP contribution in [0.25, 0.3) is 0 Å². The smallest absolute Gasteiger partial charge is 0.316 e. The Kier molecular flexibility index (Phi) is 19.0. The maximum atomic E-state index is 12.2. The SMILES string of the molecule is CCCCCCCC(=O)OCC(CCCCCC(=O)O)(COC(=O)CCCCCCC)C(=O)O. The van der Waals surface area contributed by atoms with Crippen molar-refractivity contribution >= 4 is 23.9 Å². The average Bonchev–Trinajstić information content (AvgIpc) is 2.79. The van der Waals surface area contributed by atoms with Gasteiger partial charge in [-0.05, 0) is 25.7 Å². The molecule has 0 aliphatic carbocycles. The number of carboxylic acids is 2. The molecule has 0 spiro atoms. The standard InChI is InChI=1S/C26H46O8/c1-3-5-7-9-13-17-23(29)33-20-26(25(31)32,19-15-11-12-16-22(27)28)21-34-24(30)18-14-10-8-6-4-2/h3-21H2,1-2H3,(H,27,28)(H,31,32).